The third-order valence-corrected chi connectivity index (χ3v) is 3.65. The lowest BCUT2D eigenvalue weighted by atomic mass is 10.3. The summed E-state index contributed by atoms with van der Waals surface area (Å²) in [5.74, 6) is -0.113. The normalized spacial score (nSPS) is 23.9. The van der Waals surface area contributed by atoms with Gasteiger partial charge in [-0.2, -0.15) is 0 Å². The van der Waals surface area contributed by atoms with Gasteiger partial charge in [-0.15, -0.1) is 0 Å². The average molecular weight is 247 g/mol. The zero-order chi connectivity index (χ0) is 12.9. The summed E-state index contributed by atoms with van der Waals surface area (Å²) in [6.07, 6.45) is 2.20. The number of carbonyl (C=O) groups excluding carboxylic acids is 2. The van der Waals surface area contributed by atoms with E-state index in [2.05, 4.69) is 5.43 Å². The zero-order valence-corrected chi connectivity index (χ0v) is 10.6. The van der Waals surface area contributed by atoms with E-state index in [0.29, 0.717) is 0 Å². The predicted molar refractivity (Wildman–Crippen MR) is 66.5 cm³/mol. The van der Waals surface area contributed by atoms with E-state index in [9.17, 15) is 9.59 Å². The van der Waals surface area contributed by atoms with Crippen molar-refractivity contribution in [2.45, 2.75) is 45.2 Å². The molecule has 1 aromatic rings. The van der Waals surface area contributed by atoms with E-state index < -0.39 is 6.04 Å². The highest BCUT2D eigenvalue weighted by Crippen LogP contribution is 2.31. The minimum absolute atomic E-state index is 0.0394. The van der Waals surface area contributed by atoms with Crippen molar-refractivity contribution in [3.63, 3.8) is 0 Å². The molecule has 1 unspecified atom stereocenters. The molecule has 0 aromatic carbocycles. The molecule has 1 N–H and O–H groups in total. The quantitative estimate of drug-likeness (QED) is 0.809. The largest absolute Gasteiger partial charge is 0.313 e. The Labute approximate surface area is 106 Å². The van der Waals surface area contributed by atoms with Crippen LogP contribution in [0.3, 0.4) is 0 Å². The summed E-state index contributed by atoms with van der Waals surface area (Å²) >= 11 is 0. The molecule has 0 spiro atoms. The summed E-state index contributed by atoms with van der Waals surface area (Å²) in [6, 6.07) is 3.73. The molecule has 5 nitrogen and oxygen atoms in total. The third-order valence-electron chi connectivity index (χ3n) is 3.65. The number of imide groups is 1. The molecule has 1 saturated heterocycles. The van der Waals surface area contributed by atoms with Gasteiger partial charge in [-0.1, -0.05) is 0 Å². The fraction of sp³-hybridized carbons (Fsp3) is 0.538. The van der Waals surface area contributed by atoms with Crippen molar-refractivity contribution in [2.75, 3.05) is 5.43 Å². The summed E-state index contributed by atoms with van der Waals surface area (Å²) in [4.78, 5) is 25.5. The predicted octanol–water partition coefficient (Wildman–Crippen LogP) is 0.938. The number of hydrogen-bond donors (Lipinski definition) is 1. The summed E-state index contributed by atoms with van der Waals surface area (Å²) in [6.45, 7) is 3.94. The number of aryl methyl sites for hydroxylation is 2. The molecule has 0 radical (unpaired) electrons. The minimum Gasteiger partial charge on any atom is -0.313 e. The molecule has 2 fully saturated rings. The van der Waals surface area contributed by atoms with E-state index in [1.54, 1.807) is 0 Å². The topological polar surface area (TPSA) is 54.3 Å². The number of aromatic nitrogens is 1. The highest BCUT2D eigenvalue weighted by molar-refractivity contribution is 6.06. The lowest BCUT2D eigenvalue weighted by Crippen LogP contribution is -2.39. The smallest absolute Gasteiger partial charge is 0.254 e. The Bertz CT molecular complexity index is 497. The molecule has 1 atom stereocenters. The lowest BCUT2D eigenvalue weighted by Gasteiger charge is -2.18. The number of hydrogen-bond acceptors (Lipinski definition) is 3. The molecular weight excluding hydrogens is 230 g/mol. The maximum Gasteiger partial charge on any atom is 0.254 e. The van der Waals surface area contributed by atoms with Crippen molar-refractivity contribution in [2.24, 2.45) is 0 Å². The van der Waals surface area contributed by atoms with Gasteiger partial charge in [0.25, 0.3) is 5.91 Å². The van der Waals surface area contributed by atoms with Gasteiger partial charge in [0.15, 0.2) is 0 Å². The Hall–Kier alpha value is -1.78. The Balaban J connectivity index is 1.78. The second-order valence-corrected chi connectivity index (χ2v) is 5.17. The van der Waals surface area contributed by atoms with Crippen molar-refractivity contribution < 1.29 is 9.59 Å². The van der Waals surface area contributed by atoms with Crippen LogP contribution in [0.25, 0.3) is 0 Å². The van der Waals surface area contributed by atoms with Gasteiger partial charge in [-0.05, 0) is 38.8 Å². The molecule has 2 amide bonds. The van der Waals surface area contributed by atoms with Crippen LogP contribution in [0.1, 0.15) is 30.7 Å². The van der Waals surface area contributed by atoms with E-state index in [0.717, 1.165) is 24.2 Å². The highest BCUT2D eigenvalue weighted by atomic mass is 16.2. The molecule has 0 bridgehead atoms. The number of amides is 2. The summed E-state index contributed by atoms with van der Waals surface area (Å²) in [5.41, 5.74) is 5.23. The highest BCUT2D eigenvalue weighted by Gasteiger charge is 2.46. The van der Waals surface area contributed by atoms with Crippen LogP contribution >= 0.6 is 0 Å². The first-order valence-corrected chi connectivity index (χ1v) is 6.35. The average Bonchev–Trinajstić information content (AvgIpc) is 3.05. The van der Waals surface area contributed by atoms with Crippen molar-refractivity contribution in [1.29, 1.82) is 0 Å². The van der Waals surface area contributed by atoms with Crippen LogP contribution in [-0.2, 0) is 9.59 Å². The maximum atomic E-state index is 12.2. The number of rotatable bonds is 3. The summed E-state index contributed by atoms with van der Waals surface area (Å²) < 4.78 is 1.88. The number of nitrogens with one attached hydrogen (secondary N) is 1. The lowest BCUT2D eigenvalue weighted by molar-refractivity contribution is -0.139. The first-order valence-electron chi connectivity index (χ1n) is 6.35. The maximum absolute atomic E-state index is 12.2. The van der Waals surface area contributed by atoms with Gasteiger partial charge in [-0.25, -0.2) is 0 Å². The molecule has 1 aliphatic carbocycles. The molecule has 5 heteroatoms. The molecule has 2 heterocycles. The molecule has 96 valence electrons. The molecule has 3 rings (SSSR count). The second kappa shape index (κ2) is 3.86. The van der Waals surface area contributed by atoms with Crippen molar-refractivity contribution in [1.82, 2.24) is 9.58 Å². The van der Waals surface area contributed by atoms with Gasteiger partial charge in [0.05, 0.1) is 6.42 Å². The fourth-order valence-corrected chi connectivity index (χ4v) is 2.50. The van der Waals surface area contributed by atoms with Gasteiger partial charge < -0.3 is 5.43 Å². The van der Waals surface area contributed by atoms with Crippen LogP contribution in [0.2, 0.25) is 0 Å². The van der Waals surface area contributed by atoms with Crippen LogP contribution < -0.4 is 5.43 Å². The van der Waals surface area contributed by atoms with Gasteiger partial charge >= 0.3 is 0 Å². The minimum atomic E-state index is -0.414. The Morgan fingerprint density at radius 2 is 1.78 bits per heavy atom. The van der Waals surface area contributed by atoms with Crippen LogP contribution in [0, 0.1) is 13.8 Å². The molecule has 1 aromatic heterocycles. The molecule has 2 aliphatic rings. The zero-order valence-electron chi connectivity index (χ0n) is 10.6. The second-order valence-electron chi connectivity index (χ2n) is 5.17. The van der Waals surface area contributed by atoms with Gasteiger partial charge in [-0.3, -0.25) is 19.2 Å². The molecular formula is C13H17N3O2. The summed E-state index contributed by atoms with van der Waals surface area (Å²) in [5, 5.41) is 0. The van der Waals surface area contributed by atoms with E-state index in [1.807, 2.05) is 30.7 Å². The van der Waals surface area contributed by atoms with Crippen molar-refractivity contribution in [3.05, 3.63) is 23.5 Å². The van der Waals surface area contributed by atoms with Crippen LogP contribution in [0.5, 0.6) is 0 Å². The summed E-state index contributed by atoms with van der Waals surface area (Å²) in [7, 11) is 0. The van der Waals surface area contributed by atoms with E-state index in [4.69, 9.17) is 0 Å². The number of likely N-dealkylation sites (tertiary alicyclic amines) is 1. The Morgan fingerprint density at radius 1 is 1.17 bits per heavy atom. The Kier molecular flexibility index (Phi) is 2.43. The van der Waals surface area contributed by atoms with E-state index in [-0.39, 0.29) is 24.3 Å². The standard InChI is InChI=1S/C13H17N3O2/c1-8-3-4-9(2)16(8)14-11-7-12(17)15(13(11)18)10-5-6-10/h3-4,10-11,14H,5-7H2,1-2H3. The van der Waals surface area contributed by atoms with Gasteiger partial charge in [0, 0.05) is 17.4 Å². The van der Waals surface area contributed by atoms with Crippen LogP contribution in [-0.4, -0.2) is 33.5 Å². The van der Waals surface area contributed by atoms with Gasteiger partial charge in [0.1, 0.15) is 6.04 Å². The van der Waals surface area contributed by atoms with Crippen LogP contribution in [0.4, 0.5) is 0 Å². The van der Waals surface area contributed by atoms with E-state index >= 15 is 0 Å². The first-order chi connectivity index (χ1) is 8.58. The number of carbonyl (C=O) groups is 2. The molecule has 18 heavy (non-hydrogen) atoms. The Morgan fingerprint density at radius 3 is 2.33 bits per heavy atom. The van der Waals surface area contributed by atoms with Crippen LogP contribution in [0.15, 0.2) is 12.1 Å². The monoisotopic (exact) mass is 247 g/mol. The van der Waals surface area contributed by atoms with Crippen molar-refractivity contribution >= 4 is 11.8 Å². The van der Waals surface area contributed by atoms with Crippen molar-refractivity contribution in [3.8, 4) is 0 Å². The SMILES string of the molecule is Cc1ccc(C)n1NC1CC(=O)N(C2CC2)C1=O. The fourth-order valence-electron chi connectivity index (χ4n) is 2.50. The number of nitrogens with zero attached hydrogens (tertiary/aromatic N) is 2. The molecule has 1 aliphatic heterocycles. The van der Waals surface area contributed by atoms with E-state index in [1.165, 1.54) is 4.90 Å². The van der Waals surface area contributed by atoms with Gasteiger partial charge in [0.2, 0.25) is 5.91 Å². The molecule has 1 saturated carbocycles. The first kappa shape index (κ1) is 11.3. The third kappa shape index (κ3) is 1.70.